The summed E-state index contributed by atoms with van der Waals surface area (Å²) in [5.41, 5.74) is 10.3. The number of carbonyl (C=O) groups is 1. The van der Waals surface area contributed by atoms with E-state index in [1.807, 2.05) is 0 Å². The van der Waals surface area contributed by atoms with Crippen LogP contribution >= 0.6 is 0 Å². The lowest BCUT2D eigenvalue weighted by molar-refractivity contribution is -0.122. The quantitative estimate of drug-likeness (QED) is 0.783. The van der Waals surface area contributed by atoms with Gasteiger partial charge in [0.05, 0.1) is 5.69 Å². The minimum absolute atomic E-state index is 0.173. The Morgan fingerprint density at radius 1 is 1.30 bits per heavy atom. The first-order chi connectivity index (χ1) is 9.34. The number of anilines is 1. The summed E-state index contributed by atoms with van der Waals surface area (Å²) in [6.07, 6.45) is 0.730. The molecule has 0 bridgehead atoms. The van der Waals surface area contributed by atoms with Crippen LogP contribution in [-0.4, -0.2) is 31.7 Å². The number of nitrogens with two attached hydrogens (primary N) is 2. The first-order valence-corrected chi connectivity index (χ1v) is 7.61. The number of hydrogen-bond donors (Lipinski definition) is 2. The molecule has 110 valence electrons. The normalized spacial score (nSPS) is 18.1. The molecule has 1 aromatic rings. The zero-order valence-corrected chi connectivity index (χ0v) is 11.6. The van der Waals surface area contributed by atoms with Gasteiger partial charge in [0.25, 0.3) is 0 Å². The average molecular weight is 301 g/mol. The predicted molar refractivity (Wildman–Crippen MR) is 71.5 cm³/mol. The van der Waals surface area contributed by atoms with E-state index >= 15 is 0 Å². The van der Waals surface area contributed by atoms with Gasteiger partial charge in [-0.05, 0) is 25.0 Å². The lowest BCUT2D eigenvalue weighted by atomic mass is 9.98. The Labute approximate surface area is 116 Å². The van der Waals surface area contributed by atoms with E-state index in [0.29, 0.717) is 12.8 Å². The molecule has 0 radical (unpaired) electrons. The Hall–Kier alpha value is -1.67. The molecule has 2 rings (SSSR count). The first kappa shape index (κ1) is 14.7. The third kappa shape index (κ3) is 2.61. The van der Waals surface area contributed by atoms with Gasteiger partial charge in [-0.3, -0.25) is 4.79 Å². The molecule has 0 atom stereocenters. The highest BCUT2D eigenvalue weighted by Crippen LogP contribution is 2.28. The third-order valence-corrected chi connectivity index (χ3v) is 5.44. The molecule has 4 N–H and O–H groups in total. The number of hydrogen-bond acceptors (Lipinski definition) is 4. The molecule has 0 aromatic heterocycles. The van der Waals surface area contributed by atoms with Crippen LogP contribution in [0.5, 0.6) is 0 Å². The fraction of sp³-hybridized carbons (Fsp3) is 0.417. The fourth-order valence-corrected chi connectivity index (χ4v) is 3.86. The van der Waals surface area contributed by atoms with E-state index in [-0.39, 0.29) is 29.6 Å². The van der Waals surface area contributed by atoms with Gasteiger partial charge in [0, 0.05) is 19.0 Å². The van der Waals surface area contributed by atoms with Crippen molar-refractivity contribution in [1.82, 2.24) is 4.31 Å². The maximum absolute atomic E-state index is 13.4. The van der Waals surface area contributed by atoms with Gasteiger partial charge in [-0.25, -0.2) is 12.8 Å². The van der Waals surface area contributed by atoms with E-state index in [1.165, 1.54) is 16.4 Å². The van der Waals surface area contributed by atoms with Crippen molar-refractivity contribution >= 4 is 21.6 Å². The number of benzene rings is 1. The number of nitrogens with zero attached hydrogens (tertiary/aromatic N) is 1. The van der Waals surface area contributed by atoms with Gasteiger partial charge in [0.2, 0.25) is 15.9 Å². The molecule has 1 saturated heterocycles. The number of carbonyl (C=O) groups excluding carboxylic acids is 1. The van der Waals surface area contributed by atoms with E-state index in [0.717, 1.165) is 6.07 Å². The zero-order chi connectivity index (χ0) is 14.9. The molecule has 1 aliphatic rings. The molecule has 1 fully saturated rings. The van der Waals surface area contributed by atoms with Crippen LogP contribution in [0.2, 0.25) is 0 Å². The van der Waals surface area contributed by atoms with Gasteiger partial charge in [0.15, 0.2) is 0 Å². The van der Waals surface area contributed by atoms with Crippen LogP contribution in [0.4, 0.5) is 10.1 Å². The van der Waals surface area contributed by atoms with Crippen LogP contribution in [0.15, 0.2) is 23.1 Å². The summed E-state index contributed by atoms with van der Waals surface area (Å²) in [7, 11) is -3.85. The number of para-hydroxylation sites is 1. The van der Waals surface area contributed by atoms with Gasteiger partial charge in [-0.15, -0.1) is 0 Å². The fourth-order valence-electron chi connectivity index (χ4n) is 2.26. The van der Waals surface area contributed by atoms with Crippen LogP contribution in [0.25, 0.3) is 0 Å². The van der Waals surface area contributed by atoms with Crippen LogP contribution < -0.4 is 11.5 Å². The van der Waals surface area contributed by atoms with Gasteiger partial charge < -0.3 is 11.5 Å². The molecule has 1 amide bonds. The number of primary amides is 1. The summed E-state index contributed by atoms with van der Waals surface area (Å²) >= 11 is 0. The Morgan fingerprint density at radius 2 is 1.90 bits per heavy atom. The smallest absolute Gasteiger partial charge is 0.245 e. The van der Waals surface area contributed by atoms with E-state index in [4.69, 9.17) is 11.5 Å². The van der Waals surface area contributed by atoms with Crippen molar-refractivity contribution in [2.45, 2.75) is 17.7 Å². The van der Waals surface area contributed by atoms with Crippen LogP contribution in [0.3, 0.4) is 0 Å². The summed E-state index contributed by atoms with van der Waals surface area (Å²) in [5, 5.41) is 0. The van der Waals surface area contributed by atoms with Crippen LogP contribution in [0, 0.1) is 11.7 Å². The molecule has 1 aliphatic heterocycles. The lowest BCUT2D eigenvalue weighted by Crippen LogP contribution is -2.41. The molecule has 20 heavy (non-hydrogen) atoms. The Bertz CT molecular complexity index is 625. The number of rotatable bonds is 3. The Balaban J connectivity index is 2.24. The maximum Gasteiger partial charge on any atom is 0.245 e. The minimum Gasteiger partial charge on any atom is -0.395 e. The number of amides is 1. The molecule has 0 spiro atoms. The van der Waals surface area contributed by atoms with Gasteiger partial charge in [0.1, 0.15) is 10.7 Å². The summed E-state index contributed by atoms with van der Waals surface area (Å²) in [6, 6.07) is 3.68. The zero-order valence-electron chi connectivity index (χ0n) is 10.8. The molecule has 0 unspecified atom stereocenters. The SMILES string of the molecule is NC(=O)C1CCN(S(=O)(=O)c2cccc(F)c2N)CC1. The van der Waals surface area contributed by atoms with Gasteiger partial charge in [-0.2, -0.15) is 4.31 Å². The summed E-state index contributed by atoms with van der Waals surface area (Å²) in [6.45, 7) is 0.345. The summed E-state index contributed by atoms with van der Waals surface area (Å²) in [4.78, 5) is 10.8. The van der Waals surface area contributed by atoms with Crippen LogP contribution in [0.1, 0.15) is 12.8 Å². The topological polar surface area (TPSA) is 106 Å². The molecule has 1 heterocycles. The van der Waals surface area contributed by atoms with E-state index in [9.17, 15) is 17.6 Å². The number of halogens is 1. The first-order valence-electron chi connectivity index (χ1n) is 6.17. The predicted octanol–water partition coefficient (Wildman–Crippen LogP) is 0.294. The molecule has 1 aromatic carbocycles. The number of sulfonamides is 1. The Kier molecular flexibility index (Phi) is 3.96. The van der Waals surface area contributed by atoms with Crippen LogP contribution in [-0.2, 0) is 14.8 Å². The highest BCUT2D eigenvalue weighted by Gasteiger charge is 2.32. The average Bonchev–Trinajstić information content (AvgIpc) is 2.41. The summed E-state index contributed by atoms with van der Waals surface area (Å²) < 4.78 is 39.4. The Morgan fingerprint density at radius 3 is 2.45 bits per heavy atom. The molecule has 0 saturated carbocycles. The standard InChI is InChI=1S/C12H16FN3O3S/c13-9-2-1-3-10(11(9)14)20(18,19)16-6-4-8(5-7-16)12(15)17/h1-3,8H,4-7,14H2,(H2,15,17). The second-order valence-corrected chi connectivity index (χ2v) is 6.64. The summed E-state index contributed by atoms with van der Waals surface area (Å²) in [5.74, 6) is -1.50. The molecule has 6 nitrogen and oxygen atoms in total. The molecule has 0 aliphatic carbocycles. The van der Waals surface area contributed by atoms with Gasteiger partial charge in [-0.1, -0.05) is 6.07 Å². The molecule has 8 heteroatoms. The van der Waals surface area contributed by atoms with Crippen molar-refractivity contribution in [3.63, 3.8) is 0 Å². The monoisotopic (exact) mass is 301 g/mol. The van der Waals surface area contributed by atoms with Crippen molar-refractivity contribution in [2.75, 3.05) is 18.8 Å². The largest absolute Gasteiger partial charge is 0.395 e. The highest BCUT2D eigenvalue weighted by molar-refractivity contribution is 7.89. The van der Waals surface area contributed by atoms with Crippen molar-refractivity contribution in [3.8, 4) is 0 Å². The second-order valence-electron chi connectivity index (χ2n) is 4.73. The minimum atomic E-state index is -3.85. The van der Waals surface area contributed by atoms with Crippen molar-refractivity contribution in [2.24, 2.45) is 11.7 Å². The van der Waals surface area contributed by atoms with E-state index < -0.39 is 21.7 Å². The third-order valence-electron chi connectivity index (χ3n) is 3.49. The van der Waals surface area contributed by atoms with Gasteiger partial charge >= 0.3 is 0 Å². The van der Waals surface area contributed by atoms with Crippen molar-refractivity contribution in [3.05, 3.63) is 24.0 Å². The van der Waals surface area contributed by atoms with E-state index in [1.54, 1.807) is 0 Å². The second kappa shape index (κ2) is 5.37. The number of piperidine rings is 1. The van der Waals surface area contributed by atoms with E-state index in [2.05, 4.69) is 0 Å². The maximum atomic E-state index is 13.4. The van der Waals surface area contributed by atoms with Crippen molar-refractivity contribution in [1.29, 1.82) is 0 Å². The highest BCUT2D eigenvalue weighted by atomic mass is 32.2. The molecular formula is C12H16FN3O3S. The molecular weight excluding hydrogens is 285 g/mol. The lowest BCUT2D eigenvalue weighted by Gasteiger charge is -2.30. The number of nitrogen functional groups attached to an aromatic ring is 1. The van der Waals surface area contributed by atoms with Crippen molar-refractivity contribution < 1.29 is 17.6 Å².